The highest BCUT2D eigenvalue weighted by atomic mass is 16.1. The number of nitrogens with one attached hydrogen (secondary N) is 2. The van der Waals surface area contributed by atoms with Gasteiger partial charge in [0.15, 0.2) is 0 Å². The van der Waals surface area contributed by atoms with Crippen LogP contribution in [0.3, 0.4) is 0 Å². The van der Waals surface area contributed by atoms with Crippen LogP contribution in [0.15, 0.2) is 54.6 Å². The molecule has 3 heteroatoms. The normalized spacial score (nSPS) is 10.4. The van der Waals surface area contributed by atoms with E-state index in [1.165, 1.54) is 11.1 Å². The first-order valence-electron chi connectivity index (χ1n) is 7.30. The number of para-hydroxylation sites is 1. The van der Waals surface area contributed by atoms with Gasteiger partial charge in [0.25, 0.3) is 0 Å². The van der Waals surface area contributed by atoms with Crippen LogP contribution >= 0.6 is 0 Å². The molecular weight excluding hydrogens is 260 g/mol. The number of carbonyl (C=O) groups is 1. The maximum atomic E-state index is 11.7. The van der Waals surface area contributed by atoms with E-state index in [0.717, 1.165) is 12.1 Å². The highest BCUT2D eigenvalue weighted by Gasteiger charge is 2.06. The molecule has 2 aromatic carbocycles. The molecule has 21 heavy (non-hydrogen) atoms. The Morgan fingerprint density at radius 1 is 1.00 bits per heavy atom. The van der Waals surface area contributed by atoms with Crippen LogP contribution in [0, 0.1) is 0 Å². The number of amides is 1. The van der Waals surface area contributed by atoms with Gasteiger partial charge in [0.05, 0.1) is 6.54 Å². The third-order valence-electron chi connectivity index (χ3n) is 3.14. The van der Waals surface area contributed by atoms with Crippen LogP contribution < -0.4 is 10.6 Å². The first-order chi connectivity index (χ1) is 10.1. The number of anilines is 1. The van der Waals surface area contributed by atoms with Crippen molar-refractivity contribution < 1.29 is 4.79 Å². The Hall–Kier alpha value is -2.29. The Kier molecular flexibility index (Phi) is 5.38. The summed E-state index contributed by atoms with van der Waals surface area (Å²) in [6.45, 7) is 4.21. The molecule has 0 heterocycles. The predicted molar refractivity (Wildman–Crippen MR) is 87.5 cm³/mol. The molecule has 0 aliphatic rings. The fraction of sp³-hybridized carbons (Fsp3) is 0.278. The molecule has 0 saturated heterocycles. The molecule has 1 amide bonds. The van der Waals surface area contributed by atoms with Gasteiger partial charge in [-0.2, -0.15) is 0 Å². The Morgan fingerprint density at radius 2 is 1.67 bits per heavy atom. The third-order valence-corrected chi connectivity index (χ3v) is 3.14. The SMILES string of the molecule is CC(C)NC(=O)CNc1ccccc1Cc1ccccc1. The lowest BCUT2D eigenvalue weighted by atomic mass is 10.0. The molecule has 0 atom stereocenters. The molecule has 110 valence electrons. The van der Waals surface area contributed by atoms with E-state index in [4.69, 9.17) is 0 Å². The summed E-state index contributed by atoms with van der Waals surface area (Å²) in [5, 5.41) is 6.11. The molecule has 0 saturated carbocycles. The maximum absolute atomic E-state index is 11.7. The van der Waals surface area contributed by atoms with Crippen LogP contribution in [-0.2, 0) is 11.2 Å². The number of carbonyl (C=O) groups excluding carboxylic acids is 1. The quantitative estimate of drug-likeness (QED) is 0.854. The van der Waals surface area contributed by atoms with E-state index < -0.39 is 0 Å². The molecule has 0 aliphatic carbocycles. The summed E-state index contributed by atoms with van der Waals surface area (Å²) in [5.74, 6) is 0.0134. The average molecular weight is 282 g/mol. The number of benzene rings is 2. The van der Waals surface area contributed by atoms with E-state index in [2.05, 4.69) is 28.8 Å². The van der Waals surface area contributed by atoms with Crippen molar-refractivity contribution in [1.82, 2.24) is 5.32 Å². The van der Waals surface area contributed by atoms with Crippen molar-refractivity contribution in [1.29, 1.82) is 0 Å². The molecule has 3 nitrogen and oxygen atoms in total. The maximum Gasteiger partial charge on any atom is 0.239 e. The van der Waals surface area contributed by atoms with Gasteiger partial charge in [-0.25, -0.2) is 0 Å². The number of hydrogen-bond acceptors (Lipinski definition) is 2. The standard InChI is InChI=1S/C18H22N2O/c1-14(2)20-18(21)13-19-17-11-7-6-10-16(17)12-15-8-4-3-5-9-15/h3-11,14,19H,12-13H2,1-2H3,(H,20,21). The molecule has 0 radical (unpaired) electrons. The molecule has 2 aromatic rings. The zero-order chi connectivity index (χ0) is 15.1. The predicted octanol–water partition coefficient (Wildman–Crippen LogP) is 3.21. The summed E-state index contributed by atoms with van der Waals surface area (Å²) in [7, 11) is 0. The van der Waals surface area contributed by atoms with Crippen molar-refractivity contribution >= 4 is 11.6 Å². The Balaban J connectivity index is 2.02. The molecule has 0 spiro atoms. The minimum atomic E-state index is 0.0134. The molecule has 2 rings (SSSR count). The van der Waals surface area contributed by atoms with Crippen LogP contribution in [0.5, 0.6) is 0 Å². The monoisotopic (exact) mass is 282 g/mol. The fourth-order valence-corrected chi connectivity index (χ4v) is 2.21. The van der Waals surface area contributed by atoms with Crippen LogP contribution in [0.1, 0.15) is 25.0 Å². The fourth-order valence-electron chi connectivity index (χ4n) is 2.21. The molecule has 0 unspecified atom stereocenters. The lowest BCUT2D eigenvalue weighted by molar-refractivity contribution is -0.119. The van der Waals surface area contributed by atoms with Crippen molar-refractivity contribution in [2.75, 3.05) is 11.9 Å². The van der Waals surface area contributed by atoms with E-state index >= 15 is 0 Å². The van der Waals surface area contributed by atoms with Crippen LogP contribution in [0.4, 0.5) is 5.69 Å². The van der Waals surface area contributed by atoms with Crippen LogP contribution in [0.25, 0.3) is 0 Å². The van der Waals surface area contributed by atoms with Gasteiger partial charge in [-0.15, -0.1) is 0 Å². The number of rotatable bonds is 6. The van der Waals surface area contributed by atoms with Gasteiger partial charge < -0.3 is 10.6 Å². The van der Waals surface area contributed by atoms with Gasteiger partial charge in [0.1, 0.15) is 0 Å². The highest BCUT2D eigenvalue weighted by Crippen LogP contribution is 2.18. The first kappa shape index (κ1) is 15.1. The van der Waals surface area contributed by atoms with Gasteiger partial charge in [-0.3, -0.25) is 4.79 Å². The zero-order valence-electron chi connectivity index (χ0n) is 12.6. The summed E-state index contributed by atoms with van der Waals surface area (Å²) < 4.78 is 0. The lowest BCUT2D eigenvalue weighted by Crippen LogP contribution is -2.34. The average Bonchev–Trinajstić information content (AvgIpc) is 2.47. The van der Waals surface area contributed by atoms with E-state index in [1.54, 1.807) is 0 Å². The van der Waals surface area contributed by atoms with Gasteiger partial charge in [-0.05, 0) is 37.5 Å². The molecule has 0 aliphatic heterocycles. The second-order valence-corrected chi connectivity index (χ2v) is 5.40. The highest BCUT2D eigenvalue weighted by molar-refractivity contribution is 5.81. The molecule has 0 fully saturated rings. The van der Waals surface area contributed by atoms with Crippen molar-refractivity contribution in [3.05, 3.63) is 65.7 Å². The second-order valence-electron chi connectivity index (χ2n) is 5.40. The Morgan fingerprint density at radius 3 is 2.38 bits per heavy atom. The molecule has 2 N–H and O–H groups in total. The third kappa shape index (κ3) is 4.95. The lowest BCUT2D eigenvalue weighted by Gasteiger charge is -2.13. The van der Waals surface area contributed by atoms with Gasteiger partial charge in [0, 0.05) is 11.7 Å². The molecule has 0 aromatic heterocycles. The van der Waals surface area contributed by atoms with Crippen molar-refractivity contribution in [2.45, 2.75) is 26.3 Å². The minimum Gasteiger partial charge on any atom is -0.376 e. The summed E-state index contributed by atoms with van der Waals surface area (Å²) in [6, 6.07) is 18.6. The summed E-state index contributed by atoms with van der Waals surface area (Å²) in [6.07, 6.45) is 0.857. The summed E-state index contributed by atoms with van der Waals surface area (Å²) >= 11 is 0. The Bertz CT molecular complexity index is 579. The van der Waals surface area contributed by atoms with E-state index in [0.29, 0.717) is 6.54 Å². The summed E-state index contributed by atoms with van der Waals surface area (Å²) in [5.41, 5.74) is 3.47. The topological polar surface area (TPSA) is 41.1 Å². The van der Waals surface area contributed by atoms with Crippen molar-refractivity contribution in [3.63, 3.8) is 0 Å². The zero-order valence-corrected chi connectivity index (χ0v) is 12.6. The van der Waals surface area contributed by atoms with Gasteiger partial charge in [-0.1, -0.05) is 48.5 Å². The van der Waals surface area contributed by atoms with Crippen molar-refractivity contribution in [3.8, 4) is 0 Å². The van der Waals surface area contributed by atoms with Gasteiger partial charge >= 0.3 is 0 Å². The van der Waals surface area contributed by atoms with E-state index in [9.17, 15) is 4.79 Å². The largest absolute Gasteiger partial charge is 0.376 e. The first-order valence-corrected chi connectivity index (χ1v) is 7.30. The van der Waals surface area contributed by atoms with E-state index in [-0.39, 0.29) is 11.9 Å². The van der Waals surface area contributed by atoms with Crippen molar-refractivity contribution in [2.24, 2.45) is 0 Å². The molecule has 0 bridgehead atoms. The molecular formula is C18H22N2O. The van der Waals surface area contributed by atoms with Crippen LogP contribution in [-0.4, -0.2) is 18.5 Å². The summed E-state index contributed by atoms with van der Waals surface area (Å²) in [4.78, 5) is 11.7. The van der Waals surface area contributed by atoms with Gasteiger partial charge in [0.2, 0.25) is 5.91 Å². The van der Waals surface area contributed by atoms with E-state index in [1.807, 2.05) is 50.2 Å². The Labute approximate surface area is 126 Å². The minimum absolute atomic E-state index is 0.0134. The number of hydrogen-bond donors (Lipinski definition) is 2. The second kappa shape index (κ2) is 7.48. The van der Waals surface area contributed by atoms with Crippen LogP contribution in [0.2, 0.25) is 0 Å². The smallest absolute Gasteiger partial charge is 0.239 e.